The summed E-state index contributed by atoms with van der Waals surface area (Å²) in [6.45, 7) is 0. The Morgan fingerprint density at radius 3 is 2.52 bits per heavy atom. The Morgan fingerprint density at radius 1 is 1.23 bits per heavy atom. The van der Waals surface area contributed by atoms with E-state index in [9.17, 15) is 30.8 Å². The van der Waals surface area contributed by atoms with Crippen molar-refractivity contribution in [2.45, 2.75) is 67.3 Å². The van der Waals surface area contributed by atoms with Gasteiger partial charge in [0.15, 0.2) is 5.11 Å². The van der Waals surface area contributed by atoms with Gasteiger partial charge in [0.25, 0.3) is 11.8 Å². The molecule has 5 rings (SSSR count). The maximum atomic E-state index is 13.5. The van der Waals surface area contributed by atoms with Crippen LogP contribution in [0.5, 0.6) is 5.88 Å². The van der Waals surface area contributed by atoms with E-state index in [1.807, 2.05) is 0 Å². The van der Waals surface area contributed by atoms with Gasteiger partial charge in [0.2, 0.25) is 21.8 Å². The summed E-state index contributed by atoms with van der Waals surface area (Å²) in [6, 6.07) is 0.352. The summed E-state index contributed by atoms with van der Waals surface area (Å²) < 4.78 is 89.5. The molecule has 2 aromatic rings. The van der Waals surface area contributed by atoms with Crippen molar-refractivity contribution in [1.82, 2.24) is 25.2 Å². The van der Waals surface area contributed by atoms with Gasteiger partial charge in [-0.1, -0.05) is 0 Å². The zero-order valence-electron chi connectivity index (χ0n) is 21.3. The molecule has 5 N–H and O–H groups in total. The molecule has 2 fully saturated rings. The van der Waals surface area contributed by atoms with E-state index < -0.39 is 59.0 Å². The second-order valence-corrected chi connectivity index (χ2v) is 13.3. The molecule has 3 aliphatic carbocycles. The monoisotopic (exact) mass is 625 g/mol. The number of thiophene rings is 1. The van der Waals surface area contributed by atoms with Gasteiger partial charge < -0.3 is 15.4 Å². The Kier molecular flexibility index (Phi) is 7.41. The van der Waals surface area contributed by atoms with Gasteiger partial charge >= 0.3 is 0 Å². The van der Waals surface area contributed by atoms with Crippen LogP contribution in [-0.4, -0.2) is 60.3 Å². The molecule has 1 amide bonds. The van der Waals surface area contributed by atoms with Crippen molar-refractivity contribution in [2.24, 2.45) is 13.0 Å². The molecule has 0 bridgehead atoms. The highest BCUT2D eigenvalue weighted by Gasteiger charge is 2.61. The highest BCUT2D eigenvalue weighted by molar-refractivity contribution is 7.90. The van der Waals surface area contributed by atoms with Crippen LogP contribution in [0.3, 0.4) is 0 Å². The van der Waals surface area contributed by atoms with E-state index in [4.69, 9.17) is 17.0 Å². The van der Waals surface area contributed by atoms with Crippen LogP contribution in [0, 0.1) is 5.92 Å². The number of carbonyl (C=O) groups is 1. The van der Waals surface area contributed by atoms with Crippen LogP contribution in [-0.2, 0) is 34.7 Å². The molecule has 3 aliphatic rings. The zero-order chi connectivity index (χ0) is 29.0. The summed E-state index contributed by atoms with van der Waals surface area (Å²) in [5.41, 5.74) is 6.11. The number of sulfonamides is 1. The number of alkyl halides is 4. The number of aryl methyl sites for hydroxylation is 2. The van der Waals surface area contributed by atoms with E-state index in [1.165, 1.54) is 11.8 Å². The molecule has 0 saturated heterocycles. The van der Waals surface area contributed by atoms with E-state index >= 15 is 0 Å². The van der Waals surface area contributed by atoms with E-state index in [1.54, 1.807) is 13.1 Å². The van der Waals surface area contributed by atoms with Crippen molar-refractivity contribution in [2.75, 3.05) is 17.9 Å². The smallest absolute Gasteiger partial charge is 0.260 e. The molecule has 0 aromatic carbocycles. The first-order valence-corrected chi connectivity index (χ1v) is 15.0. The lowest BCUT2D eigenvalue weighted by Gasteiger charge is -2.35. The number of aromatic nitrogens is 2. The number of halogens is 4. The fourth-order valence-corrected chi connectivity index (χ4v) is 8.19. The van der Waals surface area contributed by atoms with Crippen molar-refractivity contribution < 1.29 is 35.5 Å². The molecule has 18 heteroatoms. The number of hydrogen-bond donors (Lipinski definition) is 5. The number of thiocarbonyl (C=S) groups is 1. The lowest BCUT2D eigenvalue weighted by Crippen LogP contribution is -2.50. The van der Waals surface area contributed by atoms with Crippen LogP contribution < -0.4 is 30.9 Å². The number of rotatable bonds is 9. The SMILES string of the molecule is COc1cc(NNC(=S)N[C@H]2CCc3sc(NC(=O)C4CC4(F)F)c(S(=O)(=O)NC4CC(F)(F)C4)c3C2)n(C)n1. The van der Waals surface area contributed by atoms with Gasteiger partial charge in [-0.2, -0.15) is 0 Å². The number of fused-ring (bicyclic) bond motifs is 1. The van der Waals surface area contributed by atoms with Gasteiger partial charge in [-0.25, -0.2) is 35.4 Å². The number of nitrogens with zero attached hydrogens (tertiary/aromatic N) is 2. The number of hydrazine groups is 1. The lowest BCUT2D eigenvalue weighted by atomic mass is 9.89. The second kappa shape index (κ2) is 10.3. The minimum Gasteiger partial charge on any atom is -0.480 e. The molecule has 0 aliphatic heterocycles. The largest absolute Gasteiger partial charge is 0.480 e. The first-order valence-electron chi connectivity index (χ1n) is 12.3. The molecule has 2 heterocycles. The average molecular weight is 626 g/mol. The Labute approximate surface area is 236 Å². The summed E-state index contributed by atoms with van der Waals surface area (Å²) in [7, 11) is -1.19. The van der Waals surface area contributed by atoms with Gasteiger partial charge in [0, 0.05) is 49.3 Å². The summed E-state index contributed by atoms with van der Waals surface area (Å²) in [4.78, 5) is 12.8. The molecular formula is C22H27F4N7O4S3. The Balaban J connectivity index is 1.32. The number of anilines is 2. The maximum absolute atomic E-state index is 13.5. The van der Waals surface area contributed by atoms with Crippen LogP contribution in [0.25, 0.3) is 0 Å². The van der Waals surface area contributed by atoms with Crippen LogP contribution in [0.4, 0.5) is 28.4 Å². The molecule has 40 heavy (non-hydrogen) atoms. The van der Waals surface area contributed by atoms with Crippen LogP contribution in [0.2, 0.25) is 0 Å². The first-order chi connectivity index (χ1) is 18.7. The normalized spacial score (nSPS) is 22.9. The topological polar surface area (TPSA) is 138 Å². The Hall–Kier alpha value is -2.70. The third-order valence-corrected chi connectivity index (χ3v) is 10.2. The van der Waals surface area contributed by atoms with Crippen molar-refractivity contribution in [3.05, 3.63) is 16.5 Å². The van der Waals surface area contributed by atoms with Gasteiger partial charge in [-0.15, -0.1) is 16.4 Å². The van der Waals surface area contributed by atoms with Gasteiger partial charge in [-0.3, -0.25) is 15.6 Å². The molecule has 220 valence electrons. The molecule has 2 aromatic heterocycles. The fourth-order valence-electron chi connectivity index (χ4n) is 4.77. The van der Waals surface area contributed by atoms with Crippen LogP contribution in [0.15, 0.2) is 11.0 Å². The quantitative estimate of drug-likeness (QED) is 0.162. The number of hydrogen-bond acceptors (Lipinski definition) is 8. The summed E-state index contributed by atoms with van der Waals surface area (Å²) in [6.07, 6.45) is -0.740. The first kappa shape index (κ1) is 28.8. The number of methoxy groups -OCH3 is 1. The standard InChI is InChI=1S/C22H27F4N7O4S3/c1-33-15(6-16(31-33)37-2)29-30-20(38)27-10-3-4-14-12(5-10)17(40(35,36)32-11-7-21(23,24)8-11)19(39-14)28-18(34)13-9-22(13,25)26/h6,10-11,13,29,32H,3-5,7-9H2,1-2H3,(H,28,34)(H2,27,30,38)/t10-,13?/m0/s1. The molecule has 1 unspecified atom stereocenters. The van der Waals surface area contributed by atoms with Gasteiger partial charge in [-0.05, 0) is 37.0 Å². The van der Waals surface area contributed by atoms with Crippen LogP contribution in [0.1, 0.15) is 36.1 Å². The van der Waals surface area contributed by atoms with Crippen molar-refractivity contribution in [1.29, 1.82) is 0 Å². The zero-order valence-corrected chi connectivity index (χ0v) is 23.8. The van der Waals surface area contributed by atoms with Crippen molar-refractivity contribution in [3.8, 4) is 5.88 Å². The summed E-state index contributed by atoms with van der Waals surface area (Å²) in [5, 5.41) is 9.72. The lowest BCUT2D eigenvalue weighted by molar-refractivity contribution is -0.119. The summed E-state index contributed by atoms with van der Waals surface area (Å²) >= 11 is 6.36. The Bertz CT molecular complexity index is 1440. The van der Waals surface area contributed by atoms with Gasteiger partial charge in [0.05, 0.1) is 7.11 Å². The highest BCUT2D eigenvalue weighted by atomic mass is 32.2. The average Bonchev–Trinajstić information content (AvgIpc) is 3.15. The number of amides is 1. The number of nitrogens with one attached hydrogen (secondary N) is 5. The predicted octanol–water partition coefficient (Wildman–Crippen LogP) is 2.51. The summed E-state index contributed by atoms with van der Waals surface area (Å²) in [5.74, 6) is -7.65. The van der Waals surface area contributed by atoms with Crippen LogP contribution >= 0.6 is 23.6 Å². The molecule has 0 radical (unpaired) electrons. The van der Waals surface area contributed by atoms with E-state index in [0.29, 0.717) is 35.0 Å². The molecule has 2 saturated carbocycles. The minimum absolute atomic E-state index is 0.0931. The van der Waals surface area contributed by atoms with Crippen molar-refractivity contribution >= 4 is 55.4 Å². The predicted molar refractivity (Wildman–Crippen MR) is 142 cm³/mol. The molecule has 2 atom stereocenters. The van der Waals surface area contributed by atoms with Crippen molar-refractivity contribution in [3.63, 3.8) is 0 Å². The fraction of sp³-hybridized carbons (Fsp3) is 0.591. The van der Waals surface area contributed by atoms with E-state index in [0.717, 1.165) is 11.3 Å². The molecular weight excluding hydrogens is 598 g/mol. The number of carbonyl (C=O) groups excluding carboxylic acids is 1. The van der Waals surface area contributed by atoms with Gasteiger partial charge in [0.1, 0.15) is 21.6 Å². The van der Waals surface area contributed by atoms with E-state index in [2.05, 4.69) is 31.3 Å². The third kappa shape index (κ3) is 5.99. The highest BCUT2D eigenvalue weighted by Crippen LogP contribution is 2.50. The molecule has 0 spiro atoms. The third-order valence-electron chi connectivity index (χ3n) is 6.98. The van der Waals surface area contributed by atoms with E-state index in [-0.39, 0.29) is 27.5 Å². The number of ether oxygens (including phenoxy) is 1. The molecule has 11 nitrogen and oxygen atoms in total. The maximum Gasteiger partial charge on any atom is 0.260 e. The Morgan fingerprint density at radius 2 is 1.93 bits per heavy atom. The minimum atomic E-state index is -4.37. The second-order valence-electron chi connectivity index (χ2n) is 10.1.